The SMILES string of the molecule is CCCC(=O)OP(=O)(OC(=O)CCC)C(Cl)(Cl)P(=O)(OC(=O)CCC)OC(=O)CCC. The molecule has 0 saturated heterocycles. The Morgan fingerprint density at radius 2 is 0.774 bits per heavy atom. The van der Waals surface area contributed by atoms with Gasteiger partial charge < -0.3 is 18.1 Å². The number of hydrogen-bond acceptors (Lipinski definition) is 10. The van der Waals surface area contributed by atoms with E-state index in [1.807, 2.05) is 0 Å². The molecule has 0 N–H and O–H groups in total. The van der Waals surface area contributed by atoms with Crippen LogP contribution >= 0.6 is 38.4 Å². The summed E-state index contributed by atoms with van der Waals surface area (Å²) in [6.45, 7) is 6.42. The first-order chi connectivity index (χ1) is 14.3. The fourth-order valence-electron chi connectivity index (χ4n) is 1.94. The molecule has 31 heavy (non-hydrogen) atoms. The van der Waals surface area contributed by atoms with E-state index in [4.69, 9.17) is 41.3 Å². The monoisotopic (exact) mass is 524 g/mol. The maximum Gasteiger partial charge on any atom is 0.486 e. The zero-order valence-corrected chi connectivity index (χ0v) is 21.2. The van der Waals surface area contributed by atoms with Gasteiger partial charge >= 0.3 is 42.9 Å². The quantitative estimate of drug-likeness (QED) is 0.201. The lowest BCUT2D eigenvalue weighted by atomic mass is 10.4. The highest BCUT2D eigenvalue weighted by atomic mass is 35.5. The van der Waals surface area contributed by atoms with Crippen molar-refractivity contribution in [2.75, 3.05) is 0 Å². The minimum atomic E-state index is -5.35. The molecule has 0 saturated carbocycles. The van der Waals surface area contributed by atoms with Gasteiger partial charge in [0.05, 0.1) is 0 Å². The Kier molecular flexibility index (Phi) is 13.0. The van der Waals surface area contributed by atoms with Crippen LogP contribution < -0.4 is 0 Å². The first-order valence-corrected chi connectivity index (χ1v) is 13.6. The van der Waals surface area contributed by atoms with E-state index < -0.39 is 42.9 Å². The summed E-state index contributed by atoms with van der Waals surface area (Å²) in [5, 5.41) is 0. The van der Waals surface area contributed by atoms with Crippen LogP contribution in [0.2, 0.25) is 0 Å². The number of halogens is 2. The lowest BCUT2D eigenvalue weighted by Gasteiger charge is -2.31. The molecule has 0 atom stereocenters. The molecule has 0 aliphatic heterocycles. The maximum atomic E-state index is 13.4. The van der Waals surface area contributed by atoms with Crippen LogP contribution in [0.4, 0.5) is 0 Å². The van der Waals surface area contributed by atoms with E-state index in [1.54, 1.807) is 27.7 Å². The van der Waals surface area contributed by atoms with E-state index in [0.29, 0.717) is 0 Å². The zero-order valence-electron chi connectivity index (χ0n) is 17.9. The molecule has 0 spiro atoms. The third-order valence-corrected chi connectivity index (χ3v) is 10.4. The molecular weight excluding hydrogens is 497 g/mol. The molecule has 0 unspecified atom stereocenters. The Morgan fingerprint density at radius 1 is 0.581 bits per heavy atom. The summed E-state index contributed by atoms with van der Waals surface area (Å²) in [5.74, 6) is -4.53. The summed E-state index contributed by atoms with van der Waals surface area (Å²) in [6, 6.07) is 0. The summed E-state index contributed by atoms with van der Waals surface area (Å²) in [4.78, 5) is 48.1. The van der Waals surface area contributed by atoms with Crippen LogP contribution in [0.15, 0.2) is 0 Å². The van der Waals surface area contributed by atoms with Gasteiger partial charge in [-0.15, -0.1) is 0 Å². The van der Waals surface area contributed by atoms with E-state index in [1.165, 1.54) is 0 Å². The molecule has 0 heterocycles. The van der Waals surface area contributed by atoms with Crippen molar-refractivity contribution in [1.82, 2.24) is 0 Å². The van der Waals surface area contributed by atoms with Crippen LogP contribution in [0.25, 0.3) is 0 Å². The Labute approximate surface area is 191 Å². The third-order valence-electron chi connectivity index (χ3n) is 3.36. The second-order valence-corrected chi connectivity index (χ2v) is 13.2. The highest BCUT2D eigenvalue weighted by Gasteiger charge is 2.71. The number of hydrogen-bond donors (Lipinski definition) is 0. The summed E-state index contributed by atoms with van der Waals surface area (Å²) in [6.07, 6.45) is -0.0450. The van der Waals surface area contributed by atoms with Gasteiger partial charge in [0.15, 0.2) is 0 Å². The molecule has 0 aromatic carbocycles. The van der Waals surface area contributed by atoms with E-state index in [0.717, 1.165) is 0 Å². The second-order valence-electron chi connectivity index (χ2n) is 6.36. The molecule has 0 aliphatic rings. The number of carbonyl (C=O) groups excluding carboxylic acids is 4. The molecule has 180 valence electrons. The average molecular weight is 525 g/mol. The van der Waals surface area contributed by atoms with E-state index in [-0.39, 0.29) is 51.4 Å². The van der Waals surface area contributed by atoms with Gasteiger partial charge in [-0.25, -0.2) is 9.13 Å². The Bertz CT molecular complexity index is 645. The first kappa shape index (κ1) is 29.9. The summed E-state index contributed by atoms with van der Waals surface area (Å²) < 4.78 is 42.4. The van der Waals surface area contributed by atoms with Crippen molar-refractivity contribution in [3.05, 3.63) is 0 Å². The van der Waals surface area contributed by atoms with Gasteiger partial charge in [-0.3, -0.25) is 19.2 Å². The van der Waals surface area contributed by atoms with Crippen molar-refractivity contribution in [1.29, 1.82) is 0 Å². The maximum absolute atomic E-state index is 13.4. The van der Waals surface area contributed by atoms with E-state index >= 15 is 0 Å². The van der Waals surface area contributed by atoms with Crippen LogP contribution in [0.5, 0.6) is 0 Å². The lowest BCUT2D eigenvalue weighted by molar-refractivity contribution is -0.139. The number of carbonyl (C=O) groups is 4. The van der Waals surface area contributed by atoms with Gasteiger partial charge in [-0.05, 0) is 25.7 Å². The summed E-state index contributed by atoms with van der Waals surface area (Å²) in [5.41, 5.74) is 0. The number of rotatable bonds is 14. The van der Waals surface area contributed by atoms with Crippen molar-refractivity contribution < 1.29 is 46.4 Å². The van der Waals surface area contributed by atoms with Crippen LogP contribution in [0, 0.1) is 0 Å². The molecule has 0 aromatic rings. The van der Waals surface area contributed by atoms with E-state index in [2.05, 4.69) is 0 Å². The molecular formula is C17H28Cl2O10P2. The largest absolute Gasteiger partial charge is 0.486 e. The minimum Gasteiger partial charge on any atom is -0.380 e. The van der Waals surface area contributed by atoms with Crippen molar-refractivity contribution in [3.8, 4) is 0 Å². The van der Waals surface area contributed by atoms with Gasteiger partial charge in [-0.2, -0.15) is 0 Å². The molecule has 0 radical (unpaired) electrons. The Hall–Kier alpha value is -1.08. The minimum absolute atomic E-state index is 0.258. The fourth-order valence-corrected chi connectivity index (χ4v) is 6.41. The van der Waals surface area contributed by atoms with Gasteiger partial charge in [0.25, 0.3) is 0 Å². The van der Waals surface area contributed by atoms with Crippen molar-refractivity contribution in [2.45, 2.75) is 82.9 Å². The fraction of sp³-hybridized carbons (Fsp3) is 0.765. The zero-order chi connectivity index (χ0) is 24.3. The van der Waals surface area contributed by atoms with Crippen molar-refractivity contribution >= 4 is 62.3 Å². The standard InChI is InChI=1S/C17H28Cl2O10P2/c1-5-9-13(20)26-30(24,27-14(21)10-6-2)17(18,19)31(25,28-15(22)11-7-3)29-16(23)12-8-4/h5-12H2,1-4H3. The average Bonchev–Trinajstić information content (AvgIpc) is 2.61. The Morgan fingerprint density at radius 3 is 0.935 bits per heavy atom. The van der Waals surface area contributed by atoms with Crippen LogP contribution in [-0.4, -0.2) is 27.7 Å². The van der Waals surface area contributed by atoms with Crippen molar-refractivity contribution in [2.24, 2.45) is 0 Å². The predicted octanol–water partition coefficient (Wildman–Crippen LogP) is 5.83. The lowest BCUT2D eigenvalue weighted by Crippen LogP contribution is -2.26. The van der Waals surface area contributed by atoms with Gasteiger partial charge in [0, 0.05) is 25.7 Å². The molecule has 0 amide bonds. The normalized spacial score (nSPS) is 12.1. The highest BCUT2D eigenvalue weighted by Crippen LogP contribution is 2.82. The molecule has 10 nitrogen and oxygen atoms in total. The van der Waals surface area contributed by atoms with Crippen LogP contribution in [0.1, 0.15) is 79.1 Å². The van der Waals surface area contributed by atoms with Gasteiger partial charge in [0.2, 0.25) is 0 Å². The summed E-state index contributed by atoms with van der Waals surface area (Å²) >= 11 is 12.1. The van der Waals surface area contributed by atoms with Crippen molar-refractivity contribution in [3.63, 3.8) is 0 Å². The van der Waals surface area contributed by atoms with Gasteiger partial charge in [-0.1, -0.05) is 50.9 Å². The Balaban J connectivity index is 6.41. The highest BCUT2D eigenvalue weighted by molar-refractivity contribution is 7.81. The molecule has 0 aliphatic carbocycles. The molecule has 0 fully saturated rings. The molecule has 0 rings (SSSR count). The third kappa shape index (κ3) is 8.76. The molecule has 0 aromatic heterocycles. The molecule has 0 bridgehead atoms. The van der Waals surface area contributed by atoms with Crippen LogP contribution in [-0.2, 0) is 46.4 Å². The number of alkyl halides is 2. The van der Waals surface area contributed by atoms with E-state index in [9.17, 15) is 28.3 Å². The molecule has 14 heteroatoms. The first-order valence-electron chi connectivity index (χ1n) is 9.80. The van der Waals surface area contributed by atoms with Gasteiger partial charge in [0.1, 0.15) is 0 Å². The summed E-state index contributed by atoms with van der Waals surface area (Å²) in [7, 11) is -10.7. The smallest absolute Gasteiger partial charge is 0.380 e. The van der Waals surface area contributed by atoms with Crippen LogP contribution in [0.3, 0.4) is 0 Å². The topological polar surface area (TPSA) is 139 Å². The predicted molar refractivity (Wildman–Crippen MR) is 114 cm³/mol. The second kappa shape index (κ2) is 13.5.